The Morgan fingerprint density at radius 3 is 2.56 bits per heavy atom. The van der Waals surface area contributed by atoms with E-state index < -0.39 is 5.60 Å². The van der Waals surface area contributed by atoms with Crippen molar-refractivity contribution in [3.63, 3.8) is 0 Å². The van der Waals surface area contributed by atoms with Gasteiger partial charge in [0.05, 0.1) is 0 Å². The molecule has 1 aliphatic carbocycles. The van der Waals surface area contributed by atoms with Gasteiger partial charge in [0.2, 0.25) is 5.95 Å². The molecule has 0 unspecified atom stereocenters. The maximum atomic E-state index is 13.7. The third-order valence-electron chi connectivity index (χ3n) is 6.44. The standard InChI is InChI=1S/C25H30ClN5O3/c1-25(2,3)34-24(33)30-10-8-17(9-11-30)31-21-20(14-28-23(29-21)27-13-15-4-5-15)18-7-6-16(26)12-19(18)22(31)32/h6-7,12,14-15,17H,4-5,8-11,13H2,1-3H3,(H,27,28,29). The molecule has 5 rings (SSSR count). The highest BCUT2D eigenvalue weighted by molar-refractivity contribution is 6.31. The zero-order valence-electron chi connectivity index (χ0n) is 19.8. The van der Waals surface area contributed by atoms with Crippen LogP contribution in [0.3, 0.4) is 0 Å². The Balaban J connectivity index is 1.51. The van der Waals surface area contributed by atoms with Gasteiger partial charge in [-0.3, -0.25) is 9.36 Å². The van der Waals surface area contributed by atoms with Crippen molar-refractivity contribution in [1.29, 1.82) is 0 Å². The summed E-state index contributed by atoms with van der Waals surface area (Å²) in [6, 6.07) is 5.26. The second kappa shape index (κ2) is 8.73. The van der Waals surface area contributed by atoms with Gasteiger partial charge in [0.1, 0.15) is 11.2 Å². The molecule has 2 aromatic heterocycles. The van der Waals surface area contributed by atoms with E-state index in [1.54, 1.807) is 27.8 Å². The number of rotatable bonds is 4. The van der Waals surface area contributed by atoms with E-state index in [1.165, 1.54) is 12.8 Å². The highest BCUT2D eigenvalue weighted by Gasteiger charge is 2.30. The fourth-order valence-electron chi connectivity index (χ4n) is 4.52. The van der Waals surface area contributed by atoms with Crippen LogP contribution in [0, 0.1) is 5.92 Å². The first-order valence-electron chi connectivity index (χ1n) is 11.9. The smallest absolute Gasteiger partial charge is 0.410 e. The average Bonchev–Trinajstić information content (AvgIpc) is 3.62. The molecule has 0 radical (unpaired) electrons. The number of piperidine rings is 1. The summed E-state index contributed by atoms with van der Waals surface area (Å²) in [5.41, 5.74) is -0.0455. The van der Waals surface area contributed by atoms with Gasteiger partial charge in [-0.1, -0.05) is 17.7 Å². The number of nitrogens with zero attached hydrogens (tertiary/aromatic N) is 4. The van der Waals surface area contributed by atoms with E-state index in [2.05, 4.69) is 10.3 Å². The molecule has 1 saturated heterocycles. The molecule has 34 heavy (non-hydrogen) atoms. The highest BCUT2D eigenvalue weighted by atomic mass is 35.5. The van der Waals surface area contributed by atoms with Crippen molar-refractivity contribution in [3.8, 4) is 0 Å². The molecule has 8 nitrogen and oxygen atoms in total. The van der Waals surface area contributed by atoms with E-state index >= 15 is 0 Å². The summed E-state index contributed by atoms with van der Waals surface area (Å²) in [5, 5.41) is 6.00. The molecule has 1 saturated carbocycles. The van der Waals surface area contributed by atoms with Crippen LogP contribution in [0.2, 0.25) is 5.02 Å². The predicted molar refractivity (Wildman–Crippen MR) is 134 cm³/mol. The summed E-state index contributed by atoms with van der Waals surface area (Å²) >= 11 is 6.24. The Labute approximate surface area is 203 Å². The number of ether oxygens (including phenoxy) is 1. The number of nitrogens with one attached hydrogen (secondary N) is 1. The van der Waals surface area contributed by atoms with Crippen LogP contribution in [0.5, 0.6) is 0 Å². The third-order valence-corrected chi connectivity index (χ3v) is 6.68. The number of hydrogen-bond acceptors (Lipinski definition) is 6. The summed E-state index contributed by atoms with van der Waals surface area (Å²) in [5.74, 6) is 1.21. The molecule has 9 heteroatoms. The van der Waals surface area contributed by atoms with Crippen molar-refractivity contribution < 1.29 is 9.53 Å². The van der Waals surface area contributed by atoms with Gasteiger partial charge in [-0.2, -0.15) is 4.98 Å². The number of amides is 1. The third kappa shape index (κ3) is 4.69. The molecule has 0 bridgehead atoms. The minimum absolute atomic E-state index is 0.0942. The molecule has 2 fully saturated rings. The molecule has 180 valence electrons. The lowest BCUT2D eigenvalue weighted by Crippen LogP contribution is -2.43. The Bertz CT molecular complexity index is 1300. The Morgan fingerprint density at radius 2 is 1.88 bits per heavy atom. The van der Waals surface area contributed by atoms with Crippen molar-refractivity contribution in [2.75, 3.05) is 25.0 Å². The molecule has 2 aliphatic rings. The van der Waals surface area contributed by atoms with Gasteiger partial charge in [0.15, 0.2) is 0 Å². The summed E-state index contributed by atoms with van der Waals surface area (Å²) in [6.07, 6.45) is 5.20. The van der Waals surface area contributed by atoms with Crippen LogP contribution < -0.4 is 10.9 Å². The number of fused-ring (bicyclic) bond motifs is 3. The van der Waals surface area contributed by atoms with Crippen molar-refractivity contribution in [2.45, 2.75) is 58.1 Å². The van der Waals surface area contributed by atoms with Crippen LogP contribution in [0.4, 0.5) is 10.7 Å². The number of anilines is 1. The number of carbonyl (C=O) groups excluding carboxylic acids is 1. The second-order valence-corrected chi connectivity index (χ2v) is 10.8. The van der Waals surface area contributed by atoms with Crippen LogP contribution in [0.15, 0.2) is 29.2 Å². The van der Waals surface area contributed by atoms with Crippen LogP contribution >= 0.6 is 11.6 Å². The van der Waals surface area contributed by atoms with E-state index in [4.69, 9.17) is 21.3 Å². The number of pyridine rings is 1. The van der Waals surface area contributed by atoms with Gasteiger partial charge in [-0.05, 0) is 69.9 Å². The van der Waals surface area contributed by atoms with E-state index in [0.29, 0.717) is 53.9 Å². The zero-order valence-corrected chi connectivity index (χ0v) is 20.6. The van der Waals surface area contributed by atoms with E-state index in [-0.39, 0.29) is 17.7 Å². The molecular formula is C25H30ClN5O3. The van der Waals surface area contributed by atoms with Gasteiger partial charge in [0.25, 0.3) is 5.56 Å². The largest absolute Gasteiger partial charge is 0.444 e. The minimum atomic E-state index is -0.542. The maximum Gasteiger partial charge on any atom is 0.410 e. The fourth-order valence-corrected chi connectivity index (χ4v) is 4.69. The molecule has 1 N–H and O–H groups in total. The van der Waals surface area contributed by atoms with Crippen LogP contribution in [-0.4, -0.2) is 50.8 Å². The summed E-state index contributed by atoms with van der Waals surface area (Å²) in [4.78, 5) is 37.2. The first-order valence-corrected chi connectivity index (χ1v) is 12.3. The lowest BCUT2D eigenvalue weighted by atomic mass is 10.0. The fraction of sp³-hybridized carbons (Fsp3) is 0.520. The van der Waals surface area contributed by atoms with Gasteiger partial charge >= 0.3 is 6.09 Å². The lowest BCUT2D eigenvalue weighted by molar-refractivity contribution is 0.0189. The summed E-state index contributed by atoms with van der Waals surface area (Å²) < 4.78 is 7.31. The van der Waals surface area contributed by atoms with Crippen LogP contribution in [0.25, 0.3) is 21.8 Å². The Hall–Kier alpha value is -2.87. The SMILES string of the molecule is CC(C)(C)OC(=O)N1CCC(n2c(=O)c3cc(Cl)ccc3c3cnc(NCC4CC4)nc32)CC1. The first kappa shape index (κ1) is 22.9. The lowest BCUT2D eigenvalue weighted by Gasteiger charge is -2.34. The normalized spacial score (nSPS) is 17.4. The highest BCUT2D eigenvalue weighted by Crippen LogP contribution is 2.31. The molecule has 0 spiro atoms. The number of halogens is 1. The van der Waals surface area contributed by atoms with Gasteiger partial charge in [-0.25, -0.2) is 9.78 Å². The number of likely N-dealkylation sites (tertiary alicyclic amines) is 1. The molecule has 0 atom stereocenters. The van der Waals surface area contributed by atoms with Gasteiger partial charge < -0.3 is 15.0 Å². The first-order chi connectivity index (χ1) is 16.2. The van der Waals surface area contributed by atoms with E-state index in [1.807, 2.05) is 26.8 Å². The monoisotopic (exact) mass is 483 g/mol. The molecule has 1 aliphatic heterocycles. The quantitative estimate of drug-likeness (QED) is 0.526. The van der Waals surface area contributed by atoms with Crippen molar-refractivity contribution in [1.82, 2.24) is 19.4 Å². The molecule has 3 heterocycles. The number of hydrogen-bond donors (Lipinski definition) is 1. The van der Waals surface area contributed by atoms with Crippen molar-refractivity contribution >= 4 is 45.4 Å². The Morgan fingerprint density at radius 1 is 1.15 bits per heavy atom. The maximum absolute atomic E-state index is 13.7. The van der Waals surface area contributed by atoms with E-state index in [0.717, 1.165) is 17.3 Å². The van der Waals surface area contributed by atoms with Gasteiger partial charge in [-0.15, -0.1) is 0 Å². The van der Waals surface area contributed by atoms with Crippen LogP contribution in [0.1, 0.15) is 52.5 Å². The summed E-state index contributed by atoms with van der Waals surface area (Å²) in [6.45, 7) is 7.44. The molecule has 1 aromatic carbocycles. The molecule has 1 amide bonds. The second-order valence-electron chi connectivity index (χ2n) is 10.3. The Kier molecular flexibility index (Phi) is 5.88. The molecular weight excluding hydrogens is 454 g/mol. The van der Waals surface area contributed by atoms with Gasteiger partial charge in [0, 0.05) is 47.7 Å². The van der Waals surface area contributed by atoms with E-state index in [9.17, 15) is 9.59 Å². The van der Waals surface area contributed by atoms with Crippen LogP contribution in [-0.2, 0) is 4.74 Å². The summed E-state index contributed by atoms with van der Waals surface area (Å²) in [7, 11) is 0. The molecule has 3 aromatic rings. The van der Waals surface area contributed by atoms with Crippen molar-refractivity contribution in [3.05, 3.63) is 39.8 Å². The topological polar surface area (TPSA) is 89.4 Å². The number of benzene rings is 1. The van der Waals surface area contributed by atoms with Crippen molar-refractivity contribution in [2.24, 2.45) is 5.92 Å². The number of aromatic nitrogens is 3. The zero-order chi connectivity index (χ0) is 24.0. The average molecular weight is 484 g/mol. The minimum Gasteiger partial charge on any atom is -0.444 e. The number of carbonyl (C=O) groups is 1. The predicted octanol–water partition coefficient (Wildman–Crippen LogP) is 4.99.